The Balaban J connectivity index is 1.47. The second-order valence-electron chi connectivity index (χ2n) is 8.27. The number of thiophene rings is 1. The van der Waals surface area contributed by atoms with Crippen molar-refractivity contribution in [3.05, 3.63) is 119 Å². The number of rotatable bonds is 7. The predicted molar refractivity (Wildman–Crippen MR) is 142 cm³/mol. The van der Waals surface area contributed by atoms with Crippen molar-refractivity contribution in [2.45, 2.75) is 26.5 Å². The molecule has 0 aliphatic carbocycles. The van der Waals surface area contributed by atoms with Gasteiger partial charge in [-0.2, -0.15) is 0 Å². The lowest BCUT2D eigenvalue weighted by atomic mass is 10.0. The van der Waals surface area contributed by atoms with Gasteiger partial charge >= 0.3 is 5.97 Å². The van der Waals surface area contributed by atoms with E-state index in [9.17, 15) is 14.0 Å². The maximum absolute atomic E-state index is 13.8. The molecular weight excluding hydrogens is 511 g/mol. The molecule has 0 saturated heterocycles. The van der Waals surface area contributed by atoms with Gasteiger partial charge in [0.15, 0.2) is 4.80 Å². The maximum Gasteiger partial charge on any atom is 0.338 e. The van der Waals surface area contributed by atoms with Crippen molar-refractivity contribution in [2.24, 2.45) is 4.99 Å². The van der Waals surface area contributed by atoms with Gasteiger partial charge in [0.05, 0.1) is 22.4 Å². The first-order chi connectivity index (χ1) is 18.0. The van der Waals surface area contributed by atoms with Crippen LogP contribution >= 0.6 is 22.7 Å². The first-order valence-corrected chi connectivity index (χ1v) is 13.3. The molecule has 0 amide bonds. The van der Waals surface area contributed by atoms with E-state index < -0.39 is 12.0 Å². The van der Waals surface area contributed by atoms with Gasteiger partial charge in [-0.25, -0.2) is 14.2 Å². The highest BCUT2D eigenvalue weighted by molar-refractivity contribution is 7.10. The molecule has 0 saturated carbocycles. The molecule has 2 aromatic carbocycles. The minimum absolute atomic E-state index is 0.121. The Kier molecular flexibility index (Phi) is 7.16. The Morgan fingerprint density at radius 2 is 1.92 bits per heavy atom. The molecule has 9 heteroatoms. The van der Waals surface area contributed by atoms with Crippen molar-refractivity contribution >= 4 is 34.7 Å². The Morgan fingerprint density at radius 3 is 2.62 bits per heavy atom. The van der Waals surface area contributed by atoms with E-state index in [0.29, 0.717) is 31.9 Å². The van der Waals surface area contributed by atoms with Crippen LogP contribution in [0.2, 0.25) is 0 Å². The molecular formula is C28H23FN2O4S2. The minimum Gasteiger partial charge on any atom is -0.489 e. The number of hydrogen-bond donors (Lipinski definition) is 0. The first-order valence-electron chi connectivity index (χ1n) is 11.7. The fourth-order valence-corrected chi connectivity index (χ4v) is 5.97. The summed E-state index contributed by atoms with van der Waals surface area (Å²) in [5.41, 5.74) is 1.97. The average molecular weight is 535 g/mol. The molecule has 2 aromatic heterocycles. The zero-order valence-corrected chi connectivity index (χ0v) is 21.8. The van der Waals surface area contributed by atoms with Gasteiger partial charge in [-0.1, -0.05) is 47.7 Å². The molecule has 0 N–H and O–H groups in total. The van der Waals surface area contributed by atoms with Gasteiger partial charge in [0, 0.05) is 10.4 Å². The number of aromatic nitrogens is 1. The normalized spacial score (nSPS) is 15.3. The molecule has 0 radical (unpaired) electrons. The van der Waals surface area contributed by atoms with E-state index in [1.54, 1.807) is 54.8 Å². The maximum atomic E-state index is 13.8. The van der Waals surface area contributed by atoms with Crippen LogP contribution in [0.4, 0.5) is 4.39 Å². The monoisotopic (exact) mass is 534 g/mol. The Labute approximate surface area is 220 Å². The van der Waals surface area contributed by atoms with E-state index in [1.807, 2.05) is 29.6 Å². The van der Waals surface area contributed by atoms with Gasteiger partial charge in [0.1, 0.15) is 24.2 Å². The number of halogens is 1. The van der Waals surface area contributed by atoms with Crippen LogP contribution in [0.1, 0.15) is 35.9 Å². The van der Waals surface area contributed by atoms with Gasteiger partial charge < -0.3 is 9.47 Å². The van der Waals surface area contributed by atoms with Gasteiger partial charge in [0.25, 0.3) is 5.56 Å². The topological polar surface area (TPSA) is 69.9 Å². The third kappa shape index (κ3) is 5.05. The fourth-order valence-electron chi connectivity index (χ4n) is 4.10. The molecule has 188 valence electrons. The van der Waals surface area contributed by atoms with E-state index in [4.69, 9.17) is 9.47 Å². The number of benzene rings is 2. The third-order valence-corrected chi connectivity index (χ3v) is 7.77. The quantitative estimate of drug-likeness (QED) is 0.326. The summed E-state index contributed by atoms with van der Waals surface area (Å²) in [6.45, 7) is 3.87. The molecule has 0 bridgehead atoms. The summed E-state index contributed by atoms with van der Waals surface area (Å²) in [4.78, 5) is 32.4. The summed E-state index contributed by atoms with van der Waals surface area (Å²) in [6.07, 6.45) is 1.79. The smallest absolute Gasteiger partial charge is 0.338 e. The average Bonchev–Trinajstić information content (AvgIpc) is 3.52. The number of thiazole rings is 1. The lowest BCUT2D eigenvalue weighted by Crippen LogP contribution is -2.39. The number of carbonyl (C=O) groups excluding carboxylic acids is 1. The summed E-state index contributed by atoms with van der Waals surface area (Å²) in [7, 11) is 0. The van der Waals surface area contributed by atoms with E-state index in [1.165, 1.54) is 28.7 Å². The zero-order valence-electron chi connectivity index (χ0n) is 20.1. The summed E-state index contributed by atoms with van der Waals surface area (Å²) in [6, 6.07) is 16.9. The number of carbonyl (C=O) groups is 1. The highest BCUT2D eigenvalue weighted by Crippen LogP contribution is 2.33. The molecule has 1 atom stereocenters. The van der Waals surface area contributed by atoms with E-state index >= 15 is 0 Å². The molecule has 3 heterocycles. The van der Waals surface area contributed by atoms with Crippen molar-refractivity contribution in [3.63, 3.8) is 0 Å². The summed E-state index contributed by atoms with van der Waals surface area (Å²) >= 11 is 2.75. The van der Waals surface area contributed by atoms with Crippen LogP contribution < -0.4 is 19.6 Å². The standard InChI is InChI=1S/C28H23FN2O4S2/c1-3-34-27(33)24-17(2)30-28-31(25(24)22-9-6-14-36-22)26(32)23(37-28)15-18-10-12-20(13-11-18)35-16-19-7-4-5-8-21(19)29/h4-15,25H,3,16H2,1-2H3/b23-15-/t25-/m0/s1. The number of esters is 1. The second-order valence-corrected chi connectivity index (χ2v) is 10.3. The summed E-state index contributed by atoms with van der Waals surface area (Å²) < 4.78 is 26.9. The molecule has 1 aliphatic rings. The number of allylic oxidation sites excluding steroid dienone is 1. The molecule has 6 nitrogen and oxygen atoms in total. The van der Waals surface area contributed by atoms with Crippen LogP contribution in [0.5, 0.6) is 5.75 Å². The number of nitrogens with zero attached hydrogens (tertiary/aromatic N) is 2. The highest BCUT2D eigenvalue weighted by Gasteiger charge is 2.33. The Hall–Kier alpha value is -3.82. The highest BCUT2D eigenvalue weighted by atomic mass is 32.1. The van der Waals surface area contributed by atoms with E-state index in [2.05, 4.69) is 4.99 Å². The number of fused-ring (bicyclic) bond motifs is 1. The largest absolute Gasteiger partial charge is 0.489 e. The van der Waals surface area contributed by atoms with Crippen molar-refractivity contribution < 1.29 is 18.7 Å². The van der Waals surface area contributed by atoms with Crippen molar-refractivity contribution in [3.8, 4) is 5.75 Å². The summed E-state index contributed by atoms with van der Waals surface area (Å²) in [5, 5.41) is 1.92. The molecule has 4 aromatic rings. The van der Waals surface area contributed by atoms with Crippen LogP contribution in [0.25, 0.3) is 6.08 Å². The fraction of sp³-hybridized carbons (Fsp3) is 0.179. The predicted octanol–water partition coefficient (Wildman–Crippen LogP) is 4.58. The molecule has 37 heavy (non-hydrogen) atoms. The first kappa shape index (κ1) is 24.9. The van der Waals surface area contributed by atoms with Gasteiger partial charge in [-0.3, -0.25) is 9.36 Å². The van der Waals surface area contributed by atoms with E-state index in [0.717, 1.165) is 10.4 Å². The van der Waals surface area contributed by atoms with Crippen LogP contribution in [0, 0.1) is 5.82 Å². The number of ether oxygens (including phenoxy) is 2. The lowest BCUT2D eigenvalue weighted by molar-refractivity contribution is -0.139. The third-order valence-electron chi connectivity index (χ3n) is 5.86. The second kappa shape index (κ2) is 10.7. The number of hydrogen-bond acceptors (Lipinski definition) is 7. The van der Waals surface area contributed by atoms with Crippen molar-refractivity contribution in [1.82, 2.24) is 4.57 Å². The van der Waals surface area contributed by atoms with Crippen molar-refractivity contribution in [2.75, 3.05) is 6.61 Å². The Bertz CT molecular complexity index is 1650. The van der Waals surface area contributed by atoms with Gasteiger partial charge in [-0.15, -0.1) is 11.3 Å². The van der Waals surface area contributed by atoms with Crippen LogP contribution in [0.15, 0.2) is 87.1 Å². The minimum atomic E-state index is -0.591. The van der Waals surface area contributed by atoms with Gasteiger partial charge in [-0.05, 0) is 55.1 Å². The van der Waals surface area contributed by atoms with Crippen LogP contribution in [0.3, 0.4) is 0 Å². The van der Waals surface area contributed by atoms with Crippen LogP contribution in [-0.4, -0.2) is 17.1 Å². The van der Waals surface area contributed by atoms with E-state index in [-0.39, 0.29) is 24.6 Å². The zero-order chi connectivity index (χ0) is 25.9. The van der Waals surface area contributed by atoms with Gasteiger partial charge in [0.2, 0.25) is 0 Å². The molecule has 0 spiro atoms. The molecule has 1 aliphatic heterocycles. The SMILES string of the molecule is CCOC(=O)C1=C(C)N=c2s/c(=C\c3ccc(OCc4ccccc4F)cc3)c(=O)n2[C@H]1c1cccs1. The molecule has 5 rings (SSSR count). The Morgan fingerprint density at radius 1 is 1.14 bits per heavy atom. The summed E-state index contributed by atoms with van der Waals surface area (Å²) in [5.74, 6) is -0.187. The van der Waals surface area contributed by atoms with Crippen LogP contribution in [-0.2, 0) is 16.1 Å². The van der Waals surface area contributed by atoms with Crippen molar-refractivity contribution in [1.29, 1.82) is 0 Å². The molecule has 0 fully saturated rings. The molecule has 0 unspecified atom stereocenters. The lowest BCUT2D eigenvalue weighted by Gasteiger charge is -2.23.